The van der Waals surface area contributed by atoms with Gasteiger partial charge in [0.25, 0.3) is 0 Å². The van der Waals surface area contributed by atoms with Gasteiger partial charge in [-0.05, 0) is 12.1 Å². The van der Waals surface area contributed by atoms with Gasteiger partial charge in [-0.3, -0.25) is 9.20 Å². The van der Waals surface area contributed by atoms with E-state index in [1.807, 2.05) is 34.9 Å². The minimum absolute atomic E-state index is 0.0922. The summed E-state index contributed by atoms with van der Waals surface area (Å²) in [5.74, 6) is 0.0922. The van der Waals surface area contributed by atoms with Crippen LogP contribution in [0.2, 0.25) is 0 Å². The number of benzene rings is 1. The van der Waals surface area contributed by atoms with E-state index in [9.17, 15) is 4.79 Å². The quantitative estimate of drug-likeness (QED) is 0.586. The molecule has 0 atom stereocenters. The summed E-state index contributed by atoms with van der Waals surface area (Å²) >= 11 is 1.43. The number of fused-ring (bicyclic) bond motifs is 3. The third kappa shape index (κ3) is 1.18. The van der Waals surface area contributed by atoms with E-state index < -0.39 is 0 Å². The van der Waals surface area contributed by atoms with E-state index in [4.69, 9.17) is 0 Å². The molecule has 0 radical (unpaired) electrons. The van der Waals surface area contributed by atoms with Crippen molar-refractivity contribution in [2.75, 3.05) is 0 Å². The molecule has 4 heteroatoms. The smallest absolute Gasteiger partial charge is 0.195 e. The topological polar surface area (TPSA) is 34.4 Å². The van der Waals surface area contributed by atoms with Gasteiger partial charge in [-0.2, -0.15) is 0 Å². The Morgan fingerprint density at radius 1 is 1.40 bits per heavy atom. The van der Waals surface area contributed by atoms with Crippen LogP contribution in [-0.2, 0) is 0 Å². The van der Waals surface area contributed by atoms with Crippen molar-refractivity contribution in [1.82, 2.24) is 9.38 Å². The molecule has 0 unspecified atom stereocenters. The zero-order valence-corrected chi connectivity index (χ0v) is 8.91. The molecular weight excluding hydrogens is 208 g/mol. The third-order valence-corrected chi connectivity index (χ3v) is 3.44. The van der Waals surface area contributed by atoms with Gasteiger partial charge >= 0.3 is 0 Å². The monoisotopic (exact) mass is 216 g/mol. The molecular formula is C11H8N2OS. The Kier molecular flexibility index (Phi) is 1.67. The second-order valence-electron chi connectivity index (χ2n) is 3.40. The number of hydrogen-bond acceptors (Lipinski definition) is 3. The summed E-state index contributed by atoms with van der Waals surface area (Å²) in [6.45, 7) is 1.58. The Labute approximate surface area is 90.0 Å². The average molecular weight is 216 g/mol. The van der Waals surface area contributed by atoms with Gasteiger partial charge in [-0.1, -0.05) is 23.5 Å². The second kappa shape index (κ2) is 2.90. The van der Waals surface area contributed by atoms with Crippen LogP contribution < -0.4 is 0 Å². The number of thiazole rings is 1. The van der Waals surface area contributed by atoms with Crippen molar-refractivity contribution in [3.63, 3.8) is 0 Å². The van der Waals surface area contributed by atoms with Crippen molar-refractivity contribution in [3.8, 4) is 0 Å². The highest BCUT2D eigenvalue weighted by molar-refractivity contribution is 7.19. The van der Waals surface area contributed by atoms with Crippen molar-refractivity contribution >= 4 is 33.1 Å². The molecule has 1 aromatic carbocycles. The van der Waals surface area contributed by atoms with Crippen molar-refractivity contribution in [3.05, 3.63) is 35.3 Å². The first-order valence-corrected chi connectivity index (χ1v) is 5.45. The van der Waals surface area contributed by atoms with Crippen LogP contribution in [0.15, 0.2) is 30.5 Å². The maximum Gasteiger partial charge on any atom is 0.195 e. The molecule has 3 nitrogen and oxygen atoms in total. The minimum atomic E-state index is 0.0922. The molecule has 0 bridgehead atoms. The van der Waals surface area contributed by atoms with Crippen LogP contribution in [0.5, 0.6) is 0 Å². The van der Waals surface area contributed by atoms with E-state index in [0.717, 1.165) is 20.9 Å². The molecule has 0 saturated heterocycles. The normalized spacial score (nSPS) is 11.3. The maximum atomic E-state index is 11.2. The van der Waals surface area contributed by atoms with Crippen molar-refractivity contribution in [1.29, 1.82) is 0 Å². The van der Waals surface area contributed by atoms with Crippen LogP contribution in [0.4, 0.5) is 0 Å². The molecule has 0 aliphatic heterocycles. The highest BCUT2D eigenvalue weighted by Crippen LogP contribution is 2.23. The summed E-state index contributed by atoms with van der Waals surface area (Å²) in [7, 11) is 0. The number of nitrogens with zero attached hydrogens (tertiary/aromatic N) is 2. The molecule has 2 aromatic heterocycles. The molecule has 0 amide bonds. The Hall–Kier alpha value is -1.68. The summed E-state index contributed by atoms with van der Waals surface area (Å²) in [5.41, 5.74) is 2.02. The summed E-state index contributed by atoms with van der Waals surface area (Å²) in [4.78, 5) is 17.3. The standard InChI is InChI=1S/C11H8N2OS/c1-7(14)10-6-13-9-5-3-2-4-8(9)12-11(13)15-10/h2-6H,1H3. The van der Waals surface area contributed by atoms with Crippen LogP contribution >= 0.6 is 11.3 Å². The van der Waals surface area contributed by atoms with Gasteiger partial charge in [0, 0.05) is 13.1 Å². The Morgan fingerprint density at radius 2 is 2.20 bits per heavy atom. The van der Waals surface area contributed by atoms with Crippen LogP contribution in [0.3, 0.4) is 0 Å². The fourth-order valence-corrected chi connectivity index (χ4v) is 2.52. The highest BCUT2D eigenvalue weighted by atomic mass is 32.1. The van der Waals surface area contributed by atoms with Gasteiger partial charge in [-0.15, -0.1) is 0 Å². The number of para-hydroxylation sites is 2. The number of Topliss-reactive ketones (excluding diaryl/α,β-unsaturated/α-hetero) is 1. The van der Waals surface area contributed by atoms with Crippen LogP contribution in [-0.4, -0.2) is 15.2 Å². The second-order valence-corrected chi connectivity index (χ2v) is 4.41. The van der Waals surface area contributed by atoms with Gasteiger partial charge in [-0.25, -0.2) is 4.98 Å². The first kappa shape index (κ1) is 8.61. The molecule has 0 N–H and O–H groups in total. The maximum absolute atomic E-state index is 11.2. The summed E-state index contributed by atoms with van der Waals surface area (Å²) in [6, 6.07) is 7.92. The highest BCUT2D eigenvalue weighted by Gasteiger charge is 2.10. The van der Waals surface area contributed by atoms with Crippen LogP contribution in [0.1, 0.15) is 16.6 Å². The lowest BCUT2D eigenvalue weighted by Crippen LogP contribution is -1.85. The van der Waals surface area contributed by atoms with Gasteiger partial charge in [0.2, 0.25) is 0 Å². The van der Waals surface area contributed by atoms with E-state index in [0.29, 0.717) is 0 Å². The fourth-order valence-electron chi connectivity index (χ4n) is 1.62. The molecule has 0 saturated carbocycles. The molecule has 0 fully saturated rings. The number of rotatable bonds is 1. The summed E-state index contributed by atoms with van der Waals surface area (Å²) < 4.78 is 1.97. The fraction of sp³-hybridized carbons (Fsp3) is 0.0909. The molecule has 3 aromatic rings. The predicted molar refractivity (Wildman–Crippen MR) is 60.6 cm³/mol. The van der Waals surface area contributed by atoms with E-state index in [2.05, 4.69) is 4.98 Å². The largest absolute Gasteiger partial charge is 0.294 e. The Balaban J connectivity index is 2.42. The molecule has 0 aliphatic carbocycles. The minimum Gasteiger partial charge on any atom is -0.294 e. The first-order valence-electron chi connectivity index (χ1n) is 4.63. The van der Waals surface area contributed by atoms with E-state index in [1.165, 1.54) is 11.3 Å². The number of aromatic nitrogens is 2. The number of imidazole rings is 1. The SMILES string of the molecule is CC(=O)c1cn2c(nc3ccccc32)s1. The molecule has 2 heterocycles. The van der Waals surface area contributed by atoms with Crippen molar-refractivity contribution in [2.24, 2.45) is 0 Å². The van der Waals surface area contributed by atoms with Crippen LogP contribution in [0.25, 0.3) is 16.0 Å². The Bertz CT molecular complexity index is 665. The number of hydrogen-bond donors (Lipinski definition) is 0. The molecule has 74 valence electrons. The van der Waals surface area contributed by atoms with E-state index >= 15 is 0 Å². The molecule has 15 heavy (non-hydrogen) atoms. The third-order valence-electron chi connectivity index (χ3n) is 2.36. The summed E-state index contributed by atoms with van der Waals surface area (Å²) in [6.07, 6.45) is 1.86. The molecule has 3 rings (SSSR count). The van der Waals surface area contributed by atoms with Crippen molar-refractivity contribution < 1.29 is 4.79 Å². The zero-order valence-electron chi connectivity index (χ0n) is 8.10. The number of carbonyl (C=O) groups is 1. The average Bonchev–Trinajstić information content (AvgIpc) is 2.73. The lowest BCUT2D eigenvalue weighted by atomic mass is 10.3. The summed E-state index contributed by atoms with van der Waals surface area (Å²) in [5, 5.41) is 0. The zero-order chi connectivity index (χ0) is 10.4. The van der Waals surface area contributed by atoms with E-state index in [1.54, 1.807) is 6.92 Å². The van der Waals surface area contributed by atoms with Gasteiger partial charge in [0.15, 0.2) is 10.7 Å². The van der Waals surface area contributed by atoms with Gasteiger partial charge in [0.1, 0.15) is 0 Å². The van der Waals surface area contributed by atoms with Gasteiger partial charge in [0.05, 0.1) is 15.9 Å². The Morgan fingerprint density at radius 3 is 3.00 bits per heavy atom. The molecule has 0 aliphatic rings. The number of carbonyl (C=O) groups excluding carboxylic acids is 1. The van der Waals surface area contributed by atoms with E-state index in [-0.39, 0.29) is 5.78 Å². The lowest BCUT2D eigenvalue weighted by Gasteiger charge is -1.88. The van der Waals surface area contributed by atoms with Crippen molar-refractivity contribution in [2.45, 2.75) is 6.92 Å². The first-order chi connectivity index (χ1) is 7.25. The van der Waals surface area contributed by atoms with Gasteiger partial charge < -0.3 is 0 Å². The number of ketones is 1. The predicted octanol–water partition coefficient (Wildman–Crippen LogP) is 2.75. The lowest BCUT2D eigenvalue weighted by molar-refractivity contribution is 0.102. The van der Waals surface area contributed by atoms with Crippen LogP contribution in [0, 0.1) is 0 Å². The molecule has 0 spiro atoms.